The standard InChI is InChI=1S/C15H23ClN2O/c1-18(15-7-2-4-12(15)11-17)8-9-19-14-6-3-5-13(16)10-14/h3,5-6,10,12,15H,2,4,7-9,11,17H2,1H3. The lowest BCUT2D eigenvalue weighted by Crippen LogP contribution is -2.39. The molecule has 4 heteroatoms. The van der Waals surface area contributed by atoms with E-state index in [0.29, 0.717) is 23.6 Å². The zero-order valence-corrected chi connectivity index (χ0v) is 12.3. The van der Waals surface area contributed by atoms with Crippen molar-refractivity contribution in [2.75, 3.05) is 26.7 Å². The molecule has 0 saturated heterocycles. The van der Waals surface area contributed by atoms with Crippen molar-refractivity contribution in [1.29, 1.82) is 0 Å². The highest BCUT2D eigenvalue weighted by Gasteiger charge is 2.28. The van der Waals surface area contributed by atoms with Crippen molar-refractivity contribution >= 4 is 11.6 Å². The van der Waals surface area contributed by atoms with E-state index in [2.05, 4.69) is 11.9 Å². The Hall–Kier alpha value is -0.770. The maximum Gasteiger partial charge on any atom is 0.120 e. The van der Waals surface area contributed by atoms with Gasteiger partial charge in [0.05, 0.1) is 0 Å². The van der Waals surface area contributed by atoms with Gasteiger partial charge in [0, 0.05) is 17.6 Å². The average Bonchev–Trinajstić information content (AvgIpc) is 2.87. The van der Waals surface area contributed by atoms with Gasteiger partial charge in [-0.05, 0) is 50.6 Å². The molecule has 1 fully saturated rings. The third-order valence-corrected chi connectivity index (χ3v) is 4.23. The molecule has 106 valence electrons. The molecule has 1 aliphatic carbocycles. The van der Waals surface area contributed by atoms with E-state index in [0.717, 1.165) is 18.8 Å². The van der Waals surface area contributed by atoms with E-state index in [-0.39, 0.29) is 0 Å². The molecule has 2 unspecified atom stereocenters. The van der Waals surface area contributed by atoms with E-state index in [4.69, 9.17) is 22.1 Å². The first kappa shape index (κ1) is 14.6. The maximum atomic E-state index is 5.92. The number of nitrogens with two attached hydrogens (primary N) is 1. The second kappa shape index (κ2) is 7.13. The zero-order valence-electron chi connectivity index (χ0n) is 11.5. The maximum absolute atomic E-state index is 5.92. The van der Waals surface area contributed by atoms with Crippen LogP contribution in [0.25, 0.3) is 0 Å². The smallest absolute Gasteiger partial charge is 0.120 e. The molecule has 19 heavy (non-hydrogen) atoms. The highest BCUT2D eigenvalue weighted by Crippen LogP contribution is 2.28. The van der Waals surface area contributed by atoms with Gasteiger partial charge < -0.3 is 10.5 Å². The third kappa shape index (κ3) is 4.10. The molecule has 0 aliphatic heterocycles. The predicted octanol–water partition coefficient (Wildman–Crippen LogP) is 2.78. The normalized spacial score (nSPS) is 22.9. The molecule has 0 heterocycles. The summed E-state index contributed by atoms with van der Waals surface area (Å²) < 4.78 is 5.73. The van der Waals surface area contributed by atoms with E-state index in [9.17, 15) is 0 Å². The minimum atomic E-state index is 0.618. The molecule has 1 saturated carbocycles. The van der Waals surface area contributed by atoms with Gasteiger partial charge in [-0.15, -0.1) is 0 Å². The fourth-order valence-corrected chi connectivity index (χ4v) is 3.08. The molecule has 1 aromatic carbocycles. The van der Waals surface area contributed by atoms with Crippen molar-refractivity contribution in [3.8, 4) is 5.75 Å². The first-order chi connectivity index (χ1) is 9.20. The Morgan fingerprint density at radius 3 is 3.00 bits per heavy atom. The summed E-state index contributed by atoms with van der Waals surface area (Å²) in [6.45, 7) is 2.41. The molecule has 0 bridgehead atoms. The Kier molecular flexibility index (Phi) is 5.49. The number of ether oxygens (including phenoxy) is 1. The van der Waals surface area contributed by atoms with Crippen molar-refractivity contribution in [3.63, 3.8) is 0 Å². The molecule has 2 rings (SSSR count). The van der Waals surface area contributed by atoms with E-state index in [1.807, 2.05) is 24.3 Å². The SMILES string of the molecule is CN(CCOc1cccc(Cl)c1)C1CCCC1CN. The lowest BCUT2D eigenvalue weighted by molar-refractivity contribution is 0.165. The first-order valence-electron chi connectivity index (χ1n) is 6.99. The summed E-state index contributed by atoms with van der Waals surface area (Å²) in [6.07, 6.45) is 3.82. The van der Waals surface area contributed by atoms with Gasteiger partial charge in [0.25, 0.3) is 0 Å². The lowest BCUT2D eigenvalue weighted by Gasteiger charge is -2.28. The quantitative estimate of drug-likeness (QED) is 0.872. The number of halogens is 1. The van der Waals surface area contributed by atoms with Crippen LogP contribution in [0.5, 0.6) is 5.75 Å². The Labute approximate surface area is 120 Å². The van der Waals surface area contributed by atoms with Gasteiger partial charge in [-0.25, -0.2) is 0 Å². The van der Waals surface area contributed by atoms with Gasteiger partial charge >= 0.3 is 0 Å². The fourth-order valence-electron chi connectivity index (χ4n) is 2.90. The summed E-state index contributed by atoms with van der Waals surface area (Å²) >= 11 is 5.92. The second-order valence-electron chi connectivity index (χ2n) is 5.28. The molecule has 2 N–H and O–H groups in total. The summed E-state index contributed by atoms with van der Waals surface area (Å²) in [6, 6.07) is 8.16. The molecule has 2 atom stereocenters. The van der Waals surface area contributed by atoms with Crippen LogP contribution < -0.4 is 10.5 Å². The number of nitrogens with zero attached hydrogens (tertiary/aromatic N) is 1. The van der Waals surface area contributed by atoms with Gasteiger partial charge in [0.1, 0.15) is 12.4 Å². The zero-order chi connectivity index (χ0) is 13.7. The van der Waals surface area contributed by atoms with Gasteiger partial charge in [0.2, 0.25) is 0 Å². The van der Waals surface area contributed by atoms with Crippen LogP contribution in [0.15, 0.2) is 24.3 Å². The molecular weight excluding hydrogens is 260 g/mol. The van der Waals surface area contributed by atoms with Crippen LogP contribution in [-0.2, 0) is 0 Å². The van der Waals surface area contributed by atoms with Crippen LogP contribution in [0.3, 0.4) is 0 Å². The van der Waals surface area contributed by atoms with E-state index in [1.54, 1.807) is 0 Å². The number of hydrogen-bond donors (Lipinski definition) is 1. The predicted molar refractivity (Wildman–Crippen MR) is 79.8 cm³/mol. The van der Waals surface area contributed by atoms with Gasteiger partial charge in [-0.3, -0.25) is 4.90 Å². The average molecular weight is 283 g/mol. The van der Waals surface area contributed by atoms with Crippen molar-refractivity contribution in [2.45, 2.75) is 25.3 Å². The molecule has 0 radical (unpaired) electrons. The topological polar surface area (TPSA) is 38.5 Å². The highest BCUT2D eigenvalue weighted by atomic mass is 35.5. The third-order valence-electron chi connectivity index (χ3n) is 4.00. The summed E-state index contributed by atoms with van der Waals surface area (Å²) in [5.74, 6) is 1.49. The molecule has 1 aromatic rings. The van der Waals surface area contributed by atoms with E-state index >= 15 is 0 Å². The molecular formula is C15H23ClN2O. The molecule has 0 spiro atoms. The Morgan fingerprint density at radius 1 is 1.42 bits per heavy atom. The van der Waals surface area contributed by atoms with Gasteiger partial charge in [-0.1, -0.05) is 24.1 Å². The Morgan fingerprint density at radius 2 is 2.26 bits per heavy atom. The fraction of sp³-hybridized carbons (Fsp3) is 0.600. The monoisotopic (exact) mass is 282 g/mol. The largest absolute Gasteiger partial charge is 0.492 e. The summed E-state index contributed by atoms with van der Waals surface area (Å²) in [7, 11) is 2.17. The Balaban J connectivity index is 1.76. The lowest BCUT2D eigenvalue weighted by atomic mass is 10.0. The first-order valence-corrected chi connectivity index (χ1v) is 7.37. The van der Waals surface area contributed by atoms with Crippen LogP contribution in [0, 0.1) is 5.92 Å². The minimum Gasteiger partial charge on any atom is -0.492 e. The summed E-state index contributed by atoms with van der Waals surface area (Å²) in [5.41, 5.74) is 5.83. The van der Waals surface area contributed by atoms with E-state index < -0.39 is 0 Å². The molecule has 0 amide bonds. The Bertz CT molecular complexity index is 399. The van der Waals surface area contributed by atoms with Crippen LogP contribution >= 0.6 is 11.6 Å². The number of hydrogen-bond acceptors (Lipinski definition) is 3. The van der Waals surface area contributed by atoms with E-state index in [1.165, 1.54) is 19.3 Å². The number of likely N-dealkylation sites (N-methyl/N-ethyl adjacent to an activating group) is 1. The van der Waals surface area contributed by atoms with Crippen LogP contribution in [0.4, 0.5) is 0 Å². The minimum absolute atomic E-state index is 0.618. The highest BCUT2D eigenvalue weighted by molar-refractivity contribution is 6.30. The van der Waals surface area contributed by atoms with Crippen LogP contribution in [0.2, 0.25) is 5.02 Å². The van der Waals surface area contributed by atoms with Gasteiger partial charge in [-0.2, -0.15) is 0 Å². The van der Waals surface area contributed by atoms with Crippen molar-refractivity contribution in [3.05, 3.63) is 29.3 Å². The van der Waals surface area contributed by atoms with Gasteiger partial charge in [0.15, 0.2) is 0 Å². The summed E-state index contributed by atoms with van der Waals surface area (Å²) in [5, 5.41) is 0.713. The van der Waals surface area contributed by atoms with Crippen molar-refractivity contribution in [1.82, 2.24) is 4.90 Å². The van der Waals surface area contributed by atoms with Crippen molar-refractivity contribution < 1.29 is 4.74 Å². The molecule has 0 aromatic heterocycles. The number of benzene rings is 1. The van der Waals surface area contributed by atoms with Crippen molar-refractivity contribution in [2.24, 2.45) is 11.7 Å². The van der Waals surface area contributed by atoms with Crippen LogP contribution in [0.1, 0.15) is 19.3 Å². The molecule has 3 nitrogen and oxygen atoms in total. The molecule has 1 aliphatic rings. The second-order valence-corrected chi connectivity index (χ2v) is 5.72. The summed E-state index contributed by atoms with van der Waals surface area (Å²) in [4.78, 5) is 2.38. The number of rotatable bonds is 6. The van der Waals surface area contributed by atoms with Crippen LogP contribution in [-0.4, -0.2) is 37.7 Å².